The lowest BCUT2D eigenvalue weighted by Crippen LogP contribution is -1.97. The van der Waals surface area contributed by atoms with Gasteiger partial charge >= 0.3 is 0 Å². The van der Waals surface area contributed by atoms with E-state index in [1.165, 1.54) is 0 Å². The molecule has 0 bridgehead atoms. The van der Waals surface area contributed by atoms with Crippen LogP contribution in [0.2, 0.25) is 5.15 Å². The van der Waals surface area contributed by atoms with Crippen molar-refractivity contribution in [1.82, 2.24) is 19.7 Å². The van der Waals surface area contributed by atoms with Crippen LogP contribution in [0.4, 0.5) is 4.39 Å². The molecule has 2 heterocycles. The van der Waals surface area contributed by atoms with Gasteiger partial charge in [0.25, 0.3) is 0 Å². The van der Waals surface area contributed by atoms with Crippen LogP contribution < -0.4 is 0 Å². The van der Waals surface area contributed by atoms with Gasteiger partial charge in [0.1, 0.15) is 0 Å². The summed E-state index contributed by atoms with van der Waals surface area (Å²) >= 11 is 5.67. The third-order valence-electron chi connectivity index (χ3n) is 2.23. The summed E-state index contributed by atoms with van der Waals surface area (Å²) in [4.78, 5) is 7.96. The summed E-state index contributed by atoms with van der Waals surface area (Å²) in [6.45, 7) is 3.39. The molecule has 0 unspecified atom stereocenters. The molecular weight excluding hydrogens is 231 g/mol. The van der Waals surface area contributed by atoms with Gasteiger partial charge in [0.2, 0.25) is 0 Å². The third kappa shape index (κ3) is 1.78. The van der Waals surface area contributed by atoms with E-state index in [4.69, 9.17) is 11.6 Å². The molecule has 2 rings (SSSR count). The highest BCUT2D eigenvalue weighted by Gasteiger charge is 2.14. The summed E-state index contributed by atoms with van der Waals surface area (Å²) in [5.41, 5.74) is 1.77. The van der Waals surface area contributed by atoms with Crippen LogP contribution in [0, 0.1) is 19.7 Å². The smallest absolute Gasteiger partial charge is 0.181 e. The minimum Gasteiger partial charge on any atom is -0.275 e. The van der Waals surface area contributed by atoms with Gasteiger partial charge in [-0.05, 0) is 13.8 Å². The Balaban J connectivity index is 2.61. The molecule has 84 valence electrons. The molecule has 0 N–H and O–H groups in total. The Morgan fingerprint density at radius 2 is 1.94 bits per heavy atom. The molecule has 2 aromatic rings. The zero-order chi connectivity index (χ0) is 11.9. The average molecular weight is 241 g/mol. The first kappa shape index (κ1) is 11.0. The second-order valence-electron chi connectivity index (χ2n) is 3.54. The van der Waals surface area contributed by atoms with E-state index in [2.05, 4.69) is 15.1 Å². The molecule has 6 heteroatoms. The van der Waals surface area contributed by atoms with Crippen molar-refractivity contribution in [1.29, 1.82) is 0 Å². The summed E-state index contributed by atoms with van der Waals surface area (Å²) in [6.07, 6.45) is 1.78. The summed E-state index contributed by atoms with van der Waals surface area (Å²) in [5.74, 6) is -0.179. The number of aromatic nitrogens is 4. The van der Waals surface area contributed by atoms with Gasteiger partial charge in [0, 0.05) is 13.2 Å². The maximum Gasteiger partial charge on any atom is 0.181 e. The second-order valence-corrected chi connectivity index (χ2v) is 3.90. The second kappa shape index (κ2) is 3.83. The lowest BCUT2D eigenvalue weighted by Gasteiger charge is -2.02. The van der Waals surface area contributed by atoms with Crippen LogP contribution in [0.1, 0.15) is 11.4 Å². The SMILES string of the molecule is Cc1nn(C)cc1-c1nc(C)c(F)c(Cl)n1. The number of rotatable bonds is 1. The monoisotopic (exact) mass is 240 g/mol. The van der Waals surface area contributed by atoms with Gasteiger partial charge in [-0.3, -0.25) is 4.68 Å². The van der Waals surface area contributed by atoms with Gasteiger partial charge in [-0.1, -0.05) is 11.6 Å². The number of aryl methyl sites for hydroxylation is 3. The summed E-state index contributed by atoms with van der Waals surface area (Å²) in [5, 5.41) is 4.01. The van der Waals surface area contributed by atoms with Crippen molar-refractivity contribution in [2.24, 2.45) is 7.05 Å². The van der Waals surface area contributed by atoms with E-state index in [0.717, 1.165) is 11.3 Å². The fraction of sp³-hybridized carbons (Fsp3) is 0.300. The molecule has 0 aliphatic carbocycles. The molecule has 0 atom stereocenters. The molecule has 0 radical (unpaired) electrons. The van der Waals surface area contributed by atoms with E-state index < -0.39 is 5.82 Å². The summed E-state index contributed by atoms with van der Waals surface area (Å²) < 4.78 is 14.9. The zero-order valence-electron chi connectivity index (χ0n) is 9.12. The predicted octanol–water partition coefficient (Wildman–Crippen LogP) is 2.29. The van der Waals surface area contributed by atoms with E-state index in [9.17, 15) is 4.39 Å². The molecule has 0 aliphatic rings. The molecule has 0 aliphatic heterocycles. The summed E-state index contributed by atoms with van der Waals surface area (Å²) in [6, 6.07) is 0. The van der Waals surface area contributed by atoms with E-state index in [1.807, 2.05) is 6.92 Å². The van der Waals surface area contributed by atoms with Crippen molar-refractivity contribution < 1.29 is 4.39 Å². The van der Waals surface area contributed by atoms with Gasteiger partial charge in [0.15, 0.2) is 16.8 Å². The van der Waals surface area contributed by atoms with E-state index in [-0.39, 0.29) is 10.8 Å². The minimum absolute atomic E-state index is 0.161. The molecule has 0 amide bonds. The fourth-order valence-corrected chi connectivity index (χ4v) is 1.68. The molecule has 16 heavy (non-hydrogen) atoms. The molecule has 0 saturated heterocycles. The van der Waals surface area contributed by atoms with Crippen LogP contribution in [-0.2, 0) is 7.05 Å². The number of nitrogens with zero attached hydrogens (tertiary/aromatic N) is 4. The Morgan fingerprint density at radius 1 is 1.25 bits per heavy atom. The Bertz CT molecular complexity index is 527. The Labute approximate surface area is 97.1 Å². The number of hydrogen-bond donors (Lipinski definition) is 0. The maximum atomic E-state index is 13.3. The van der Waals surface area contributed by atoms with E-state index in [1.54, 1.807) is 24.9 Å². The van der Waals surface area contributed by atoms with Crippen LogP contribution in [0.3, 0.4) is 0 Å². The van der Waals surface area contributed by atoms with Crippen molar-refractivity contribution in [3.05, 3.63) is 28.6 Å². The lowest BCUT2D eigenvalue weighted by atomic mass is 10.2. The molecule has 0 spiro atoms. The van der Waals surface area contributed by atoms with Gasteiger partial charge < -0.3 is 0 Å². The van der Waals surface area contributed by atoms with E-state index in [0.29, 0.717) is 5.82 Å². The largest absolute Gasteiger partial charge is 0.275 e. The molecule has 4 nitrogen and oxygen atoms in total. The van der Waals surface area contributed by atoms with Crippen LogP contribution in [0.25, 0.3) is 11.4 Å². The Kier molecular flexibility index (Phi) is 2.63. The first-order chi connectivity index (χ1) is 7.49. The third-order valence-corrected chi connectivity index (χ3v) is 2.48. The van der Waals surface area contributed by atoms with E-state index >= 15 is 0 Å². The van der Waals surface area contributed by atoms with Crippen molar-refractivity contribution in [3.8, 4) is 11.4 Å². The fourth-order valence-electron chi connectivity index (χ4n) is 1.46. The quantitative estimate of drug-likeness (QED) is 0.719. The Morgan fingerprint density at radius 3 is 2.44 bits per heavy atom. The molecule has 0 aromatic carbocycles. The summed E-state index contributed by atoms with van der Waals surface area (Å²) in [7, 11) is 1.80. The highest BCUT2D eigenvalue weighted by molar-refractivity contribution is 6.29. The van der Waals surface area contributed by atoms with Crippen LogP contribution in [0.15, 0.2) is 6.20 Å². The number of halogens is 2. The molecular formula is C10H10ClFN4. The van der Waals surface area contributed by atoms with Crippen molar-refractivity contribution in [2.45, 2.75) is 13.8 Å². The van der Waals surface area contributed by atoms with Gasteiger partial charge in [-0.2, -0.15) is 5.10 Å². The highest BCUT2D eigenvalue weighted by atomic mass is 35.5. The normalized spacial score (nSPS) is 10.8. The van der Waals surface area contributed by atoms with Crippen molar-refractivity contribution >= 4 is 11.6 Å². The van der Waals surface area contributed by atoms with Crippen LogP contribution in [-0.4, -0.2) is 19.7 Å². The first-order valence-corrected chi connectivity index (χ1v) is 5.07. The minimum atomic E-state index is -0.577. The average Bonchev–Trinajstić information content (AvgIpc) is 2.53. The molecule has 0 fully saturated rings. The van der Waals surface area contributed by atoms with Crippen LogP contribution in [0.5, 0.6) is 0 Å². The predicted molar refractivity (Wildman–Crippen MR) is 58.7 cm³/mol. The first-order valence-electron chi connectivity index (χ1n) is 4.69. The number of hydrogen-bond acceptors (Lipinski definition) is 3. The molecule has 2 aromatic heterocycles. The zero-order valence-corrected chi connectivity index (χ0v) is 9.88. The van der Waals surface area contributed by atoms with Crippen molar-refractivity contribution in [2.75, 3.05) is 0 Å². The maximum absolute atomic E-state index is 13.3. The highest BCUT2D eigenvalue weighted by Crippen LogP contribution is 2.22. The topological polar surface area (TPSA) is 43.6 Å². The van der Waals surface area contributed by atoms with Gasteiger partial charge in [-0.15, -0.1) is 0 Å². The van der Waals surface area contributed by atoms with Gasteiger partial charge in [0.05, 0.1) is 17.0 Å². The standard InChI is InChI=1S/C10H10ClFN4/c1-5-7(4-16(3)15-5)10-13-6(2)8(12)9(11)14-10/h4H,1-3H3. The lowest BCUT2D eigenvalue weighted by molar-refractivity contribution is 0.603. The van der Waals surface area contributed by atoms with Crippen LogP contribution >= 0.6 is 11.6 Å². The Hall–Kier alpha value is -1.49. The van der Waals surface area contributed by atoms with Crippen molar-refractivity contribution in [3.63, 3.8) is 0 Å². The van der Waals surface area contributed by atoms with Gasteiger partial charge in [-0.25, -0.2) is 14.4 Å². The molecule has 0 saturated carbocycles.